The summed E-state index contributed by atoms with van der Waals surface area (Å²) in [7, 11) is -9.82. The van der Waals surface area contributed by atoms with Gasteiger partial charge in [-0.15, -0.1) is 0 Å². The number of phosphoric acid groups is 2. The van der Waals surface area contributed by atoms with Crippen molar-refractivity contribution in [2.45, 2.75) is 450 Å². The first-order valence-electron chi connectivity index (χ1n) is 50.4. The van der Waals surface area contributed by atoms with Gasteiger partial charge in [0.25, 0.3) is 0 Å². The lowest BCUT2D eigenvalue weighted by Crippen LogP contribution is -2.30. The second-order valence-corrected chi connectivity index (χ2v) is 36.4. The zero-order valence-corrected chi connectivity index (χ0v) is 81.3. The lowest BCUT2D eigenvalue weighted by molar-refractivity contribution is -0.161. The van der Waals surface area contributed by atoms with E-state index in [-0.39, 0.29) is 19.3 Å². The van der Waals surface area contributed by atoms with E-state index in [1.807, 2.05) is 0 Å². The Labute approximate surface area is 764 Å². The Morgan fingerprint density at radius 3 is 0.672 bits per heavy atom. The molecular weight excluding hydrogens is 1600 g/mol. The molecule has 0 radical (unpaired) electrons. The number of ether oxygens (including phenoxy) is 3. The van der Waals surface area contributed by atoms with Crippen molar-refractivity contribution in [3.05, 3.63) is 170 Å². The summed E-state index contributed by atoms with van der Waals surface area (Å²) >= 11 is 0. The minimum Gasteiger partial charge on any atom is -0.463 e. The Kier molecular flexibility index (Phi) is 94.0. The van der Waals surface area contributed by atoms with Gasteiger partial charge in [0.15, 0.2) is 6.10 Å². The van der Waals surface area contributed by atoms with Crippen molar-refractivity contribution in [2.75, 3.05) is 39.6 Å². The molecule has 0 aromatic carbocycles. The number of unbranched alkanes of at least 4 members (excludes halogenated alkanes) is 44. The van der Waals surface area contributed by atoms with E-state index in [9.17, 15) is 43.5 Å². The third-order valence-corrected chi connectivity index (χ3v) is 23.3. The van der Waals surface area contributed by atoms with Crippen LogP contribution in [-0.4, -0.2) is 95.9 Å². The van der Waals surface area contributed by atoms with Crippen LogP contribution >= 0.6 is 15.6 Å². The molecular formula is C107H184O16P2. The fraction of sp³-hybridized carbons (Fsp3) is 0.710. The van der Waals surface area contributed by atoms with Crippen molar-refractivity contribution in [3.63, 3.8) is 0 Å². The molecule has 0 aromatic heterocycles. The number of hydrogen-bond acceptors (Lipinski definition) is 14. The molecule has 5 atom stereocenters. The summed E-state index contributed by atoms with van der Waals surface area (Å²) in [5.74, 6) is -1.57. The van der Waals surface area contributed by atoms with Crippen molar-refractivity contribution in [3.8, 4) is 0 Å². The highest BCUT2D eigenvalue weighted by atomic mass is 31.2. The van der Waals surface area contributed by atoms with E-state index in [0.717, 1.165) is 167 Å². The Balaban J connectivity index is 4.57. The molecule has 0 aliphatic heterocycles. The van der Waals surface area contributed by atoms with Gasteiger partial charge in [-0.1, -0.05) is 428 Å². The smallest absolute Gasteiger partial charge is 0.463 e. The van der Waals surface area contributed by atoms with Gasteiger partial charge in [-0.2, -0.15) is 0 Å². The number of carbonyl (C=O) groups is 3. The van der Waals surface area contributed by atoms with Crippen LogP contribution in [0.2, 0.25) is 0 Å². The van der Waals surface area contributed by atoms with E-state index < -0.39 is 91.5 Å². The third kappa shape index (κ3) is 99.3. The minimum absolute atomic E-state index is 0.0936. The van der Waals surface area contributed by atoms with Gasteiger partial charge < -0.3 is 34.2 Å². The zero-order valence-electron chi connectivity index (χ0n) is 79.5. The van der Waals surface area contributed by atoms with Crippen LogP contribution in [0.3, 0.4) is 0 Å². The minimum atomic E-state index is -4.95. The molecule has 0 saturated carbocycles. The number of esters is 3. The Morgan fingerprint density at radius 1 is 0.232 bits per heavy atom. The predicted molar refractivity (Wildman–Crippen MR) is 528 cm³/mol. The second-order valence-electron chi connectivity index (χ2n) is 33.5. The maximum Gasteiger partial charge on any atom is 0.472 e. The molecule has 18 heteroatoms. The first kappa shape index (κ1) is 120. The maximum atomic E-state index is 13.1. The van der Waals surface area contributed by atoms with E-state index in [0.29, 0.717) is 19.3 Å². The standard InChI is InChI=1S/C107H184O16P2/c1-4-7-10-13-16-19-22-25-28-31-34-37-40-43-45-47-48-49-50-51-52-54-56-58-60-63-66-69-72-75-78-81-84-87-90-93-105(110)117-96-102(108)97-119-124(113,114)120-98-103(109)99-121-125(115,116)122-101-104(123-107(112)95-92-89-86-83-80-77-74-71-68-65-62-57-42-39-36-33-30-27-24-21-18-15-12-9-6-3)100-118-106(111)94-91-88-85-82-79-76-73-70-67-64-61-59-55-53-46-44-41-38-35-32-29-26-23-20-17-14-11-8-5-2/h7,9-10,12,16-21,25-30,34-39,43-46,57,62,102-104,108-109H,4-6,8,11,13-15,22-24,31-33,40-42,47-56,58-61,63-101H2,1-3H3,(H,113,114)(H,115,116)/b10-7-,12-9-,19-16-,20-17-,21-18-,28-25-,29-26-,30-27-,37-34-,38-35-,39-36-,45-43-,46-44-,62-57-. The number of allylic oxidation sites excluding steroid dienone is 28. The number of carbonyl (C=O) groups excluding carboxylic acids is 3. The van der Waals surface area contributed by atoms with Crippen LogP contribution in [0.1, 0.15) is 432 Å². The largest absolute Gasteiger partial charge is 0.472 e. The van der Waals surface area contributed by atoms with Gasteiger partial charge in [0.05, 0.1) is 26.4 Å². The van der Waals surface area contributed by atoms with Crippen LogP contribution in [0.4, 0.5) is 0 Å². The monoisotopic (exact) mass is 1790 g/mol. The first-order chi connectivity index (χ1) is 61.2. The third-order valence-electron chi connectivity index (χ3n) is 21.4. The van der Waals surface area contributed by atoms with Crippen molar-refractivity contribution < 1.29 is 75.8 Å². The normalized spacial score (nSPS) is 14.4. The van der Waals surface area contributed by atoms with Gasteiger partial charge >= 0.3 is 33.6 Å². The lowest BCUT2D eigenvalue weighted by Gasteiger charge is -2.21. The van der Waals surface area contributed by atoms with Crippen molar-refractivity contribution in [1.82, 2.24) is 0 Å². The summed E-state index contributed by atoms with van der Waals surface area (Å²) in [4.78, 5) is 59.2. The molecule has 5 unspecified atom stereocenters. The summed E-state index contributed by atoms with van der Waals surface area (Å²) in [6.07, 6.45) is 128. The molecule has 0 spiro atoms. The Bertz CT molecular complexity index is 2950. The molecule has 0 bridgehead atoms. The fourth-order valence-electron chi connectivity index (χ4n) is 13.8. The van der Waals surface area contributed by atoms with Crippen molar-refractivity contribution in [2.24, 2.45) is 0 Å². The van der Waals surface area contributed by atoms with Crippen LogP contribution < -0.4 is 0 Å². The highest BCUT2D eigenvalue weighted by Gasteiger charge is 2.30. The number of phosphoric ester groups is 2. The molecule has 718 valence electrons. The molecule has 0 aliphatic rings. The van der Waals surface area contributed by atoms with E-state index in [1.165, 1.54) is 205 Å². The van der Waals surface area contributed by atoms with Gasteiger partial charge in [0, 0.05) is 19.3 Å². The van der Waals surface area contributed by atoms with Gasteiger partial charge in [-0.25, -0.2) is 9.13 Å². The van der Waals surface area contributed by atoms with E-state index >= 15 is 0 Å². The number of aliphatic hydroxyl groups is 2. The number of hydrogen-bond donors (Lipinski definition) is 4. The quantitative estimate of drug-likeness (QED) is 0.0146. The topological polar surface area (TPSA) is 231 Å². The number of rotatable bonds is 95. The summed E-state index contributed by atoms with van der Waals surface area (Å²) in [6.45, 7) is 2.49. The molecule has 0 fully saturated rings. The van der Waals surface area contributed by atoms with Gasteiger partial charge in [-0.3, -0.25) is 32.5 Å². The van der Waals surface area contributed by atoms with Gasteiger partial charge in [-0.05, 0) is 154 Å². The average molecular weight is 1790 g/mol. The lowest BCUT2D eigenvalue weighted by atomic mass is 10.0. The Hall–Kier alpha value is -5.09. The van der Waals surface area contributed by atoms with Gasteiger partial charge in [0.2, 0.25) is 0 Å². The number of aliphatic hydroxyl groups excluding tert-OH is 2. The average Bonchev–Trinajstić information content (AvgIpc) is 0.897. The second kappa shape index (κ2) is 98.0. The van der Waals surface area contributed by atoms with Crippen molar-refractivity contribution >= 4 is 33.6 Å². The Morgan fingerprint density at radius 2 is 0.424 bits per heavy atom. The van der Waals surface area contributed by atoms with E-state index in [2.05, 4.69) is 191 Å². The first-order valence-corrected chi connectivity index (χ1v) is 53.4. The van der Waals surface area contributed by atoms with Crippen LogP contribution in [0.5, 0.6) is 0 Å². The summed E-state index contributed by atoms with van der Waals surface area (Å²) in [5.41, 5.74) is 0. The molecule has 0 amide bonds. The van der Waals surface area contributed by atoms with Crippen molar-refractivity contribution in [1.29, 1.82) is 0 Å². The highest BCUT2D eigenvalue weighted by molar-refractivity contribution is 7.47. The maximum absolute atomic E-state index is 13.1. The van der Waals surface area contributed by atoms with Crippen LogP contribution in [0.25, 0.3) is 0 Å². The van der Waals surface area contributed by atoms with Crippen LogP contribution in [0.15, 0.2) is 170 Å². The van der Waals surface area contributed by atoms with E-state index in [4.69, 9.17) is 32.3 Å². The molecule has 0 saturated heterocycles. The summed E-state index contributed by atoms with van der Waals surface area (Å²) in [6, 6.07) is 0. The molecule has 0 aromatic rings. The van der Waals surface area contributed by atoms with Crippen LogP contribution in [0, 0.1) is 0 Å². The zero-order chi connectivity index (χ0) is 90.7. The predicted octanol–water partition coefficient (Wildman–Crippen LogP) is 31.8. The molecule has 0 rings (SSSR count). The molecule has 0 aliphatic carbocycles. The summed E-state index contributed by atoms with van der Waals surface area (Å²) in [5, 5.41) is 20.8. The molecule has 0 heterocycles. The molecule has 125 heavy (non-hydrogen) atoms. The fourth-order valence-corrected chi connectivity index (χ4v) is 15.4. The molecule has 4 N–H and O–H groups in total. The highest BCUT2D eigenvalue weighted by Crippen LogP contribution is 2.45. The van der Waals surface area contributed by atoms with E-state index in [1.54, 1.807) is 0 Å². The van der Waals surface area contributed by atoms with Gasteiger partial charge in [0.1, 0.15) is 25.4 Å². The molecule has 16 nitrogen and oxygen atoms in total. The summed E-state index contributed by atoms with van der Waals surface area (Å²) < 4.78 is 61.7. The van der Waals surface area contributed by atoms with Crippen LogP contribution in [-0.2, 0) is 55.8 Å². The SMILES string of the molecule is CC/C=C\C/C=C\C/C=C\C/C=C\C/C=C\CCCCCCCCCCCCCCCCCCCCCC(=O)OCC(O)COP(=O)(O)OCC(O)COP(=O)(O)OCC(COC(=O)CCCCCCCCCCCCCCC/C=C\C/C=C\C/C=C\C/C=C\CCCCC)OC(=O)CCCCCCCCCCC/C=C\C/C=C\C/C=C\C/C=C\C/C=C\CC.